The van der Waals surface area contributed by atoms with Crippen LogP contribution in [0.2, 0.25) is 5.02 Å². The van der Waals surface area contributed by atoms with Gasteiger partial charge in [-0.05, 0) is 48.7 Å². The van der Waals surface area contributed by atoms with E-state index in [0.717, 1.165) is 11.1 Å². The molecule has 0 radical (unpaired) electrons. The fourth-order valence-electron chi connectivity index (χ4n) is 2.63. The summed E-state index contributed by atoms with van der Waals surface area (Å²) in [6.45, 7) is 5.50. The highest BCUT2D eigenvalue weighted by atomic mass is 35.5. The van der Waals surface area contributed by atoms with Crippen LogP contribution in [0.5, 0.6) is 5.75 Å². The molecule has 1 N–H and O–H groups in total. The Balaban J connectivity index is 2.32. The Morgan fingerprint density at radius 3 is 2.62 bits per heavy atom. The Morgan fingerprint density at radius 1 is 1.27 bits per heavy atom. The van der Waals surface area contributed by atoms with E-state index < -0.39 is 6.43 Å². The third-order valence-electron chi connectivity index (χ3n) is 4.17. The number of aryl methyl sites for hydroxylation is 2. The lowest BCUT2D eigenvalue weighted by Gasteiger charge is -2.17. The Kier molecular flexibility index (Phi) is 6.98. The highest BCUT2D eigenvalue weighted by molar-refractivity contribution is 6.31. The van der Waals surface area contributed by atoms with Crippen LogP contribution in [0.1, 0.15) is 48.9 Å². The molecule has 2 aromatic carbocycles. The quantitative estimate of drug-likeness (QED) is 0.631. The number of alkyl halides is 2. The van der Waals surface area contributed by atoms with E-state index in [-0.39, 0.29) is 23.8 Å². The molecule has 26 heavy (non-hydrogen) atoms. The normalized spacial score (nSPS) is 10.9. The number of hydrogen-bond acceptors (Lipinski definition) is 2. The lowest BCUT2D eigenvalue weighted by atomic mass is 10.0. The molecule has 0 bridgehead atoms. The third kappa shape index (κ3) is 4.73. The summed E-state index contributed by atoms with van der Waals surface area (Å²) in [6.07, 6.45) is -1.65. The first-order valence-electron chi connectivity index (χ1n) is 8.48. The molecule has 0 aliphatic carbocycles. The number of anilines is 1. The Hall–Kier alpha value is -2.14. The van der Waals surface area contributed by atoms with Crippen LogP contribution in [0.4, 0.5) is 14.5 Å². The van der Waals surface area contributed by atoms with Gasteiger partial charge in [-0.3, -0.25) is 4.79 Å². The Morgan fingerprint density at radius 2 is 2.00 bits per heavy atom. The summed E-state index contributed by atoms with van der Waals surface area (Å²) in [5, 5.41) is 3.15. The number of benzene rings is 2. The zero-order valence-electron chi connectivity index (χ0n) is 15.0. The number of nitrogens with one attached hydrogen (secondary N) is 1. The first-order valence-corrected chi connectivity index (χ1v) is 8.86. The first kappa shape index (κ1) is 20.2. The summed E-state index contributed by atoms with van der Waals surface area (Å²) in [5.74, 6) is -0.0349. The number of ether oxygens (including phenoxy) is 1. The van der Waals surface area contributed by atoms with Gasteiger partial charge < -0.3 is 10.1 Å². The van der Waals surface area contributed by atoms with E-state index in [1.54, 1.807) is 31.2 Å². The third-order valence-corrected chi connectivity index (χ3v) is 4.52. The van der Waals surface area contributed by atoms with E-state index in [1.165, 1.54) is 6.07 Å². The van der Waals surface area contributed by atoms with Gasteiger partial charge in [0.1, 0.15) is 12.4 Å². The van der Waals surface area contributed by atoms with Crippen molar-refractivity contribution in [1.82, 2.24) is 0 Å². The van der Waals surface area contributed by atoms with Crippen molar-refractivity contribution in [3.63, 3.8) is 0 Å². The Labute approximate surface area is 157 Å². The molecule has 0 saturated carbocycles. The van der Waals surface area contributed by atoms with Crippen LogP contribution in [-0.4, -0.2) is 5.91 Å². The van der Waals surface area contributed by atoms with E-state index >= 15 is 0 Å². The van der Waals surface area contributed by atoms with Crippen molar-refractivity contribution >= 4 is 23.2 Å². The zero-order chi connectivity index (χ0) is 19.3. The molecular weight excluding hydrogens is 360 g/mol. The topological polar surface area (TPSA) is 38.3 Å². The van der Waals surface area contributed by atoms with Crippen molar-refractivity contribution in [1.29, 1.82) is 0 Å². The number of halogens is 3. The van der Waals surface area contributed by atoms with Gasteiger partial charge in [0.15, 0.2) is 0 Å². The number of carbonyl (C=O) groups is 1. The van der Waals surface area contributed by atoms with Gasteiger partial charge in [-0.15, -0.1) is 0 Å². The summed E-state index contributed by atoms with van der Waals surface area (Å²) in [6, 6.07) is 8.20. The van der Waals surface area contributed by atoms with Gasteiger partial charge >= 0.3 is 0 Å². The van der Waals surface area contributed by atoms with Gasteiger partial charge in [0.2, 0.25) is 5.91 Å². The number of rotatable bonds is 7. The van der Waals surface area contributed by atoms with Gasteiger partial charge in [0.05, 0.1) is 5.56 Å². The first-order chi connectivity index (χ1) is 12.4. The molecule has 0 heterocycles. The van der Waals surface area contributed by atoms with Crippen molar-refractivity contribution in [3.8, 4) is 5.75 Å². The van der Waals surface area contributed by atoms with Crippen LogP contribution in [0.15, 0.2) is 30.3 Å². The molecule has 0 aromatic heterocycles. The molecule has 0 fully saturated rings. The molecule has 140 valence electrons. The van der Waals surface area contributed by atoms with E-state index in [4.69, 9.17) is 16.3 Å². The maximum absolute atomic E-state index is 13.4. The van der Waals surface area contributed by atoms with Crippen LogP contribution in [0.25, 0.3) is 0 Å². The molecule has 2 rings (SSSR count). The van der Waals surface area contributed by atoms with E-state index in [9.17, 15) is 13.6 Å². The molecular formula is C20H22ClF2NO2. The van der Waals surface area contributed by atoms with Gasteiger partial charge in [0, 0.05) is 22.7 Å². The van der Waals surface area contributed by atoms with Crippen molar-refractivity contribution in [2.24, 2.45) is 0 Å². The smallest absolute Gasteiger partial charge is 0.267 e. The van der Waals surface area contributed by atoms with Crippen LogP contribution in [0.3, 0.4) is 0 Å². The largest absolute Gasteiger partial charge is 0.488 e. The summed E-state index contributed by atoms with van der Waals surface area (Å²) in [7, 11) is 0. The second kappa shape index (κ2) is 8.99. The second-order valence-electron chi connectivity index (χ2n) is 5.93. The average Bonchev–Trinajstić information content (AvgIpc) is 2.60. The lowest BCUT2D eigenvalue weighted by molar-refractivity contribution is -0.115. The minimum atomic E-state index is -2.64. The van der Waals surface area contributed by atoms with E-state index in [2.05, 4.69) is 5.32 Å². The summed E-state index contributed by atoms with van der Waals surface area (Å²) in [4.78, 5) is 11.7. The molecule has 0 unspecified atom stereocenters. The molecule has 0 atom stereocenters. The van der Waals surface area contributed by atoms with Crippen molar-refractivity contribution in [2.75, 3.05) is 5.32 Å². The van der Waals surface area contributed by atoms with Crippen LogP contribution in [0, 0.1) is 6.92 Å². The standard InChI is InChI=1S/C20H22ClF2NO2/c1-4-13-10-14(20(22)23)18(9-12(13)3)26-11-15-16(21)7-6-8-17(15)24-19(25)5-2/h6-10,20H,4-5,11H2,1-3H3,(H,24,25). The fraction of sp³-hybridized carbons (Fsp3) is 0.350. The van der Waals surface area contributed by atoms with Crippen LogP contribution in [-0.2, 0) is 17.8 Å². The van der Waals surface area contributed by atoms with Gasteiger partial charge in [-0.2, -0.15) is 0 Å². The zero-order valence-corrected chi connectivity index (χ0v) is 15.8. The fourth-order valence-corrected chi connectivity index (χ4v) is 2.86. The highest BCUT2D eigenvalue weighted by Gasteiger charge is 2.18. The molecule has 6 heteroatoms. The minimum absolute atomic E-state index is 0.0242. The van der Waals surface area contributed by atoms with Gasteiger partial charge in [0.25, 0.3) is 6.43 Å². The van der Waals surface area contributed by atoms with Crippen LogP contribution < -0.4 is 10.1 Å². The molecule has 1 amide bonds. The number of carbonyl (C=O) groups excluding carboxylic acids is 1. The summed E-state index contributed by atoms with van der Waals surface area (Å²) >= 11 is 6.22. The average molecular weight is 382 g/mol. The maximum atomic E-state index is 13.4. The molecule has 0 saturated heterocycles. The maximum Gasteiger partial charge on any atom is 0.267 e. The second-order valence-corrected chi connectivity index (χ2v) is 6.33. The molecule has 2 aromatic rings. The number of hydrogen-bond donors (Lipinski definition) is 1. The van der Waals surface area contributed by atoms with Crippen molar-refractivity contribution in [3.05, 3.63) is 57.6 Å². The molecule has 0 spiro atoms. The van der Waals surface area contributed by atoms with E-state index in [0.29, 0.717) is 29.1 Å². The molecule has 0 aliphatic rings. The monoisotopic (exact) mass is 381 g/mol. The minimum Gasteiger partial charge on any atom is -0.488 e. The predicted octanol–water partition coefficient (Wildman–Crippen LogP) is 6.08. The lowest BCUT2D eigenvalue weighted by Crippen LogP contribution is -2.12. The van der Waals surface area contributed by atoms with Crippen LogP contribution >= 0.6 is 11.6 Å². The SMILES string of the molecule is CCC(=O)Nc1cccc(Cl)c1COc1cc(C)c(CC)cc1C(F)F. The summed E-state index contributed by atoms with van der Waals surface area (Å²) in [5.41, 5.74) is 2.68. The predicted molar refractivity (Wildman–Crippen MR) is 100 cm³/mol. The highest BCUT2D eigenvalue weighted by Crippen LogP contribution is 2.34. The van der Waals surface area contributed by atoms with Crippen molar-refractivity contribution < 1.29 is 18.3 Å². The van der Waals surface area contributed by atoms with Gasteiger partial charge in [-0.25, -0.2) is 8.78 Å². The Bertz CT molecular complexity index is 794. The number of amides is 1. The molecule has 0 aliphatic heterocycles. The molecule has 3 nitrogen and oxygen atoms in total. The van der Waals surface area contributed by atoms with Gasteiger partial charge in [-0.1, -0.05) is 31.5 Å². The summed E-state index contributed by atoms with van der Waals surface area (Å²) < 4.78 is 32.5. The van der Waals surface area contributed by atoms with E-state index in [1.807, 2.05) is 13.8 Å². The van der Waals surface area contributed by atoms with Crippen molar-refractivity contribution in [2.45, 2.75) is 46.6 Å².